The van der Waals surface area contributed by atoms with E-state index in [2.05, 4.69) is 9.88 Å². The predicted molar refractivity (Wildman–Crippen MR) is 90.1 cm³/mol. The van der Waals surface area contributed by atoms with Crippen molar-refractivity contribution in [1.82, 2.24) is 9.88 Å². The number of oxazole rings is 1. The van der Waals surface area contributed by atoms with Crippen LogP contribution in [0.15, 0.2) is 59.1 Å². The van der Waals surface area contributed by atoms with E-state index in [4.69, 9.17) is 9.15 Å². The zero-order valence-electron chi connectivity index (χ0n) is 13.7. The smallest absolute Gasteiger partial charge is 0.209 e. The van der Waals surface area contributed by atoms with Gasteiger partial charge in [-0.1, -0.05) is 12.1 Å². The van der Waals surface area contributed by atoms with Crippen molar-refractivity contribution in [2.75, 3.05) is 14.2 Å². The SMILES string of the molecule is COc1ccc(CN(C)Cc2ncc(-c3ccc(F)cc3)o2)cc1. The number of nitrogens with zero attached hydrogens (tertiary/aromatic N) is 2. The summed E-state index contributed by atoms with van der Waals surface area (Å²) in [5.41, 5.74) is 2.00. The lowest BCUT2D eigenvalue weighted by Gasteiger charge is -2.14. The number of halogens is 1. The van der Waals surface area contributed by atoms with Crippen LogP contribution < -0.4 is 4.74 Å². The van der Waals surface area contributed by atoms with Crippen molar-refractivity contribution in [3.8, 4) is 17.1 Å². The van der Waals surface area contributed by atoms with Crippen LogP contribution in [0.1, 0.15) is 11.5 Å². The number of rotatable bonds is 6. The molecule has 0 unspecified atom stereocenters. The predicted octanol–water partition coefficient (Wildman–Crippen LogP) is 4.12. The summed E-state index contributed by atoms with van der Waals surface area (Å²) in [5, 5.41) is 0. The minimum Gasteiger partial charge on any atom is -0.497 e. The molecule has 3 rings (SSSR count). The Kier molecular flexibility index (Phi) is 4.91. The molecule has 0 spiro atoms. The van der Waals surface area contributed by atoms with E-state index in [1.807, 2.05) is 31.3 Å². The van der Waals surface area contributed by atoms with Crippen LogP contribution in [0.25, 0.3) is 11.3 Å². The average Bonchev–Trinajstić information content (AvgIpc) is 3.04. The number of aromatic nitrogens is 1. The van der Waals surface area contributed by atoms with Gasteiger partial charge in [0, 0.05) is 12.1 Å². The quantitative estimate of drug-likeness (QED) is 0.683. The van der Waals surface area contributed by atoms with Crippen LogP contribution in [0.2, 0.25) is 0 Å². The Hall–Kier alpha value is -2.66. The lowest BCUT2D eigenvalue weighted by Crippen LogP contribution is -2.17. The molecule has 1 aromatic heterocycles. The topological polar surface area (TPSA) is 38.5 Å². The van der Waals surface area contributed by atoms with Crippen LogP contribution in [0.5, 0.6) is 5.75 Å². The number of benzene rings is 2. The Morgan fingerprint density at radius 3 is 2.42 bits per heavy atom. The third-order valence-electron chi connectivity index (χ3n) is 3.70. The maximum absolute atomic E-state index is 13.0. The third-order valence-corrected chi connectivity index (χ3v) is 3.70. The molecular weight excluding hydrogens is 307 g/mol. The molecule has 0 aliphatic rings. The Balaban J connectivity index is 1.62. The highest BCUT2D eigenvalue weighted by Gasteiger charge is 2.09. The van der Waals surface area contributed by atoms with Crippen LogP contribution >= 0.6 is 0 Å². The molecule has 124 valence electrons. The van der Waals surface area contributed by atoms with Crippen molar-refractivity contribution in [3.63, 3.8) is 0 Å². The fraction of sp³-hybridized carbons (Fsp3) is 0.211. The van der Waals surface area contributed by atoms with Gasteiger partial charge in [-0.05, 0) is 49.0 Å². The summed E-state index contributed by atoms with van der Waals surface area (Å²) in [4.78, 5) is 6.42. The Morgan fingerprint density at radius 2 is 1.75 bits per heavy atom. The fourth-order valence-corrected chi connectivity index (χ4v) is 2.46. The number of methoxy groups -OCH3 is 1. The summed E-state index contributed by atoms with van der Waals surface area (Å²) in [5.74, 6) is 1.85. The zero-order valence-corrected chi connectivity index (χ0v) is 13.7. The van der Waals surface area contributed by atoms with E-state index in [1.165, 1.54) is 17.7 Å². The minimum absolute atomic E-state index is 0.266. The van der Waals surface area contributed by atoms with Gasteiger partial charge in [0.2, 0.25) is 5.89 Å². The molecule has 0 bridgehead atoms. The first-order valence-corrected chi connectivity index (χ1v) is 7.66. The van der Waals surface area contributed by atoms with Crippen LogP contribution in [0, 0.1) is 5.82 Å². The van der Waals surface area contributed by atoms with E-state index in [1.54, 1.807) is 25.4 Å². The van der Waals surface area contributed by atoms with Crippen LogP contribution in [0.3, 0.4) is 0 Å². The maximum atomic E-state index is 13.0. The Labute approximate surface area is 140 Å². The van der Waals surface area contributed by atoms with Crippen molar-refractivity contribution in [3.05, 3.63) is 72.0 Å². The van der Waals surface area contributed by atoms with Crippen molar-refractivity contribution in [2.45, 2.75) is 13.1 Å². The summed E-state index contributed by atoms with van der Waals surface area (Å²) in [6, 6.07) is 14.1. The Morgan fingerprint density at radius 1 is 1.04 bits per heavy atom. The Bertz CT molecular complexity index is 782. The van der Waals surface area contributed by atoms with Crippen molar-refractivity contribution < 1.29 is 13.5 Å². The van der Waals surface area contributed by atoms with Gasteiger partial charge in [-0.2, -0.15) is 0 Å². The molecule has 5 heteroatoms. The molecule has 1 heterocycles. The number of hydrogen-bond donors (Lipinski definition) is 0. The average molecular weight is 326 g/mol. The molecular formula is C19H19FN2O2. The molecule has 0 aliphatic heterocycles. The van der Waals surface area contributed by atoms with Crippen molar-refractivity contribution in [2.24, 2.45) is 0 Å². The molecule has 3 aromatic rings. The second kappa shape index (κ2) is 7.27. The van der Waals surface area contributed by atoms with E-state index in [0.717, 1.165) is 17.9 Å². The standard InChI is InChI=1S/C19H19FN2O2/c1-22(12-14-3-9-17(23-2)10-4-14)13-19-21-11-18(24-19)15-5-7-16(20)8-6-15/h3-11H,12-13H2,1-2H3. The van der Waals surface area contributed by atoms with Gasteiger partial charge in [0.1, 0.15) is 11.6 Å². The van der Waals surface area contributed by atoms with Gasteiger partial charge in [-0.15, -0.1) is 0 Å². The van der Waals surface area contributed by atoms with E-state index in [9.17, 15) is 4.39 Å². The van der Waals surface area contributed by atoms with Crippen molar-refractivity contribution >= 4 is 0 Å². The molecule has 0 fully saturated rings. The lowest BCUT2D eigenvalue weighted by atomic mass is 10.2. The van der Waals surface area contributed by atoms with Gasteiger partial charge in [-0.25, -0.2) is 9.37 Å². The summed E-state index contributed by atoms with van der Waals surface area (Å²) >= 11 is 0. The molecule has 0 saturated heterocycles. The number of hydrogen-bond acceptors (Lipinski definition) is 4. The molecule has 0 N–H and O–H groups in total. The lowest BCUT2D eigenvalue weighted by molar-refractivity contribution is 0.283. The molecule has 0 amide bonds. The maximum Gasteiger partial charge on any atom is 0.209 e. The summed E-state index contributed by atoms with van der Waals surface area (Å²) in [6.07, 6.45) is 1.67. The third kappa shape index (κ3) is 4.00. The van der Waals surface area contributed by atoms with E-state index < -0.39 is 0 Å². The first-order valence-electron chi connectivity index (χ1n) is 7.66. The fourth-order valence-electron chi connectivity index (χ4n) is 2.46. The number of ether oxygens (including phenoxy) is 1. The van der Waals surface area contributed by atoms with Gasteiger partial charge in [0.15, 0.2) is 5.76 Å². The second-order valence-electron chi connectivity index (χ2n) is 5.65. The first kappa shape index (κ1) is 16.2. The molecule has 4 nitrogen and oxygen atoms in total. The van der Waals surface area contributed by atoms with E-state index in [-0.39, 0.29) is 5.82 Å². The molecule has 0 atom stereocenters. The normalized spacial score (nSPS) is 11.0. The van der Waals surface area contributed by atoms with E-state index >= 15 is 0 Å². The molecule has 0 saturated carbocycles. The molecule has 0 aliphatic carbocycles. The highest BCUT2D eigenvalue weighted by Crippen LogP contribution is 2.21. The van der Waals surface area contributed by atoms with Crippen LogP contribution in [-0.4, -0.2) is 24.0 Å². The van der Waals surface area contributed by atoms with Crippen molar-refractivity contribution in [1.29, 1.82) is 0 Å². The van der Waals surface area contributed by atoms with Gasteiger partial charge in [0.25, 0.3) is 0 Å². The van der Waals surface area contributed by atoms with Crippen LogP contribution in [-0.2, 0) is 13.1 Å². The van der Waals surface area contributed by atoms with Gasteiger partial charge >= 0.3 is 0 Å². The zero-order chi connectivity index (χ0) is 16.9. The first-order chi connectivity index (χ1) is 11.6. The largest absolute Gasteiger partial charge is 0.497 e. The monoisotopic (exact) mass is 326 g/mol. The summed E-state index contributed by atoms with van der Waals surface area (Å²) in [7, 11) is 3.66. The van der Waals surface area contributed by atoms with Gasteiger partial charge < -0.3 is 9.15 Å². The highest BCUT2D eigenvalue weighted by atomic mass is 19.1. The summed E-state index contributed by atoms with van der Waals surface area (Å²) in [6.45, 7) is 1.37. The molecule has 24 heavy (non-hydrogen) atoms. The van der Waals surface area contributed by atoms with Gasteiger partial charge in [0.05, 0.1) is 19.9 Å². The highest BCUT2D eigenvalue weighted by molar-refractivity contribution is 5.55. The minimum atomic E-state index is -0.266. The summed E-state index contributed by atoms with van der Waals surface area (Å²) < 4.78 is 23.9. The second-order valence-corrected chi connectivity index (χ2v) is 5.65. The molecule has 0 radical (unpaired) electrons. The van der Waals surface area contributed by atoms with Gasteiger partial charge in [-0.3, -0.25) is 4.90 Å². The molecule has 2 aromatic carbocycles. The van der Waals surface area contributed by atoms with Crippen LogP contribution in [0.4, 0.5) is 4.39 Å². The van der Waals surface area contributed by atoms with E-state index in [0.29, 0.717) is 18.2 Å².